The molecule has 0 unspecified atom stereocenters. The second-order valence-corrected chi connectivity index (χ2v) is 4.42. The molecule has 0 saturated heterocycles. The Morgan fingerprint density at radius 1 is 1.15 bits per heavy atom. The molecule has 0 aliphatic heterocycles. The van der Waals surface area contributed by atoms with E-state index in [9.17, 15) is 0 Å². The van der Waals surface area contributed by atoms with Gasteiger partial charge in [0.25, 0.3) is 0 Å². The van der Waals surface area contributed by atoms with Crippen molar-refractivity contribution in [3.63, 3.8) is 0 Å². The molecule has 0 atom stereocenters. The second kappa shape index (κ2) is 11.2. The van der Waals surface area contributed by atoms with Gasteiger partial charge in [-0.25, -0.2) is 0 Å². The van der Waals surface area contributed by atoms with Crippen LogP contribution in [0.1, 0.15) is 18.9 Å². The molecular weight excluding hydrogens is 248 g/mol. The van der Waals surface area contributed by atoms with Crippen molar-refractivity contribution < 1.29 is 9.47 Å². The fourth-order valence-electron chi connectivity index (χ4n) is 1.73. The van der Waals surface area contributed by atoms with Crippen molar-refractivity contribution in [2.24, 2.45) is 0 Å². The average Bonchev–Trinajstić information content (AvgIpc) is 2.47. The van der Waals surface area contributed by atoms with Crippen molar-refractivity contribution in [2.45, 2.75) is 20.0 Å². The molecule has 2 nitrogen and oxygen atoms in total. The van der Waals surface area contributed by atoms with Gasteiger partial charge in [0.05, 0.1) is 13.2 Å². The van der Waals surface area contributed by atoms with Crippen LogP contribution >= 0.6 is 0 Å². The minimum absolute atomic E-state index is 0.620. The Bertz CT molecular complexity index is 418. The zero-order chi connectivity index (χ0) is 14.5. The summed E-state index contributed by atoms with van der Waals surface area (Å²) < 4.78 is 11.2. The maximum Gasteiger partial charge on any atom is 0.0716 e. The van der Waals surface area contributed by atoms with Crippen LogP contribution in [0.4, 0.5) is 0 Å². The van der Waals surface area contributed by atoms with Crippen LogP contribution in [0.5, 0.6) is 0 Å². The summed E-state index contributed by atoms with van der Waals surface area (Å²) in [7, 11) is 0. The molecule has 20 heavy (non-hydrogen) atoms. The predicted octanol–water partition coefficient (Wildman–Crippen LogP) is 4.30. The molecule has 2 heteroatoms. The summed E-state index contributed by atoms with van der Waals surface area (Å²) >= 11 is 0. The normalized spacial score (nSPS) is 11.9. The first-order chi connectivity index (χ1) is 9.86. The van der Waals surface area contributed by atoms with Gasteiger partial charge in [0.1, 0.15) is 0 Å². The standard InChI is InChI=1S/C18H24O2/c1-3-9-17(10-4-2)15-19-13-8-14-20-16-18-11-6-5-7-12-18/h3-7,9-12H,1,8,13-16H2,2H3/b10-4-,17-9+. The topological polar surface area (TPSA) is 18.5 Å². The summed E-state index contributed by atoms with van der Waals surface area (Å²) in [6.45, 7) is 8.41. The lowest BCUT2D eigenvalue weighted by molar-refractivity contribution is 0.0834. The second-order valence-electron chi connectivity index (χ2n) is 4.42. The van der Waals surface area contributed by atoms with E-state index < -0.39 is 0 Å². The molecule has 1 rings (SSSR count). The summed E-state index contributed by atoms with van der Waals surface area (Å²) in [5.41, 5.74) is 2.34. The number of benzene rings is 1. The van der Waals surface area contributed by atoms with Gasteiger partial charge in [-0.3, -0.25) is 0 Å². The third kappa shape index (κ3) is 7.72. The highest BCUT2D eigenvalue weighted by Gasteiger charge is 1.94. The number of hydrogen-bond acceptors (Lipinski definition) is 2. The van der Waals surface area contributed by atoms with Crippen molar-refractivity contribution in [1.82, 2.24) is 0 Å². The van der Waals surface area contributed by atoms with Gasteiger partial charge >= 0.3 is 0 Å². The van der Waals surface area contributed by atoms with Crippen molar-refractivity contribution in [3.05, 3.63) is 72.4 Å². The maximum atomic E-state index is 5.61. The molecule has 0 aliphatic carbocycles. The number of allylic oxidation sites excluding steroid dienone is 3. The predicted molar refractivity (Wildman–Crippen MR) is 84.6 cm³/mol. The Morgan fingerprint density at radius 2 is 1.90 bits per heavy atom. The Morgan fingerprint density at radius 3 is 2.60 bits per heavy atom. The van der Waals surface area contributed by atoms with Crippen LogP contribution in [-0.4, -0.2) is 19.8 Å². The number of hydrogen-bond donors (Lipinski definition) is 0. The molecule has 0 radical (unpaired) electrons. The third-order valence-electron chi connectivity index (χ3n) is 2.67. The molecule has 108 valence electrons. The Balaban J connectivity index is 2.05. The van der Waals surface area contributed by atoms with E-state index in [0.717, 1.165) is 18.6 Å². The minimum atomic E-state index is 0.620. The van der Waals surface area contributed by atoms with Gasteiger partial charge in [-0.1, -0.05) is 61.2 Å². The van der Waals surface area contributed by atoms with Crippen molar-refractivity contribution in [3.8, 4) is 0 Å². The summed E-state index contributed by atoms with van der Waals surface area (Å²) in [5.74, 6) is 0. The van der Waals surface area contributed by atoms with E-state index in [4.69, 9.17) is 9.47 Å². The van der Waals surface area contributed by atoms with Crippen LogP contribution in [0, 0.1) is 0 Å². The SMILES string of the molecule is C=C/C=C(\C=C/C)COCCCOCc1ccccc1. The fraction of sp³-hybridized carbons (Fsp3) is 0.333. The first-order valence-electron chi connectivity index (χ1n) is 7.00. The van der Waals surface area contributed by atoms with E-state index in [-0.39, 0.29) is 0 Å². The summed E-state index contributed by atoms with van der Waals surface area (Å²) in [4.78, 5) is 0. The monoisotopic (exact) mass is 272 g/mol. The first-order valence-corrected chi connectivity index (χ1v) is 7.00. The van der Waals surface area contributed by atoms with Crippen LogP contribution in [0.15, 0.2) is 66.8 Å². The summed E-state index contributed by atoms with van der Waals surface area (Å²) in [6, 6.07) is 10.2. The van der Waals surface area contributed by atoms with Crippen molar-refractivity contribution in [1.29, 1.82) is 0 Å². The molecule has 1 aromatic rings. The number of ether oxygens (including phenoxy) is 2. The fourth-order valence-corrected chi connectivity index (χ4v) is 1.73. The maximum absolute atomic E-state index is 5.61. The quantitative estimate of drug-likeness (QED) is 0.467. The van der Waals surface area contributed by atoms with E-state index in [0.29, 0.717) is 19.8 Å². The lowest BCUT2D eigenvalue weighted by Gasteiger charge is -2.06. The van der Waals surface area contributed by atoms with Crippen LogP contribution in [-0.2, 0) is 16.1 Å². The zero-order valence-corrected chi connectivity index (χ0v) is 12.3. The Labute approximate surface area is 122 Å². The van der Waals surface area contributed by atoms with Crippen molar-refractivity contribution >= 4 is 0 Å². The van der Waals surface area contributed by atoms with Gasteiger partial charge in [0.15, 0.2) is 0 Å². The van der Waals surface area contributed by atoms with E-state index in [1.807, 2.05) is 43.4 Å². The smallest absolute Gasteiger partial charge is 0.0716 e. The highest BCUT2D eigenvalue weighted by molar-refractivity contribution is 5.22. The first kappa shape index (κ1) is 16.4. The molecule has 0 aliphatic rings. The lowest BCUT2D eigenvalue weighted by Crippen LogP contribution is -2.03. The van der Waals surface area contributed by atoms with Crippen LogP contribution in [0.2, 0.25) is 0 Å². The molecule has 0 heterocycles. The van der Waals surface area contributed by atoms with E-state index in [1.54, 1.807) is 6.08 Å². The molecule has 0 spiro atoms. The van der Waals surface area contributed by atoms with Crippen LogP contribution in [0.25, 0.3) is 0 Å². The van der Waals surface area contributed by atoms with Gasteiger partial charge in [-0.15, -0.1) is 0 Å². The lowest BCUT2D eigenvalue weighted by atomic mass is 10.2. The van der Waals surface area contributed by atoms with Crippen LogP contribution in [0.3, 0.4) is 0 Å². The molecule has 0 saturated carbocycles. The molecule has 0 amide bonds. The Kier molecular flexibility index (Phi) is 9.20. The molecular formula is C18H24O2. The van der Waals surface area contributed by atoms with Gasteiger partial charge in [0.2, 0.25) is 0 Å². The van der Waals surface area contributed by atoms with Gasteiger partial charge in [0, 0.05) is 13.2 Å². The van der Waals surface area contributed by atoms with Gasteiger partial charge in [-0.05, 0) is 24.5 Å². The number of rotatable bonds is 10. The Hall–Kier alpha value is -1.64. The molecule has 0 fully saturated rings. The van der Waals surface area contributed by atoms with Gasteiger partial charge < -0.3 is 9.47 Å². The summed E-state index contributed by atoms with van der Waals surface area (Å²) in [6.07, 6.45) is 8.69. The molecule has 0 N–H and O–H groups in total. The van der Waals surface area contributed by atoms with E-state index in [2.05, 4.69) is 18.7 Å². The zero-order valence-electron chi connectivity index (χ0n) is 12.3. The molecule has 1 aromatic carbocycles. The van der Waals surface area contributed by atoms with Gasteiger partial charge in [-0.2, -0.15) is 0 Å². The largest absolute Gasteiger partial charge is 0.377 e. The molecule has 0 aromatic heterocycles. The van der Waals surface area contributed by atoms with E-state index in [1.165, 1.54) is 5.56 Å². The average molecular weight is 272 g/mol. The minimum Gasteiger partial charge on any atom is -0.377 e. The summed E-state index contributed by atoms with van der Waals surface area (Å²) in [5, 5.41) is 0. The van der Waals surface area contributed by atoms with E-state index >= 15 is 0 Å². The highest BCUT2D eigenvalue weighted by atomic mass is 16.5. The van der Waals surface area contributed by atoms with Crippen LogP contribution < -0.4 is 0 Å². The third-order valence-corrected chi connectivity index (χ3v) is 2.67. The highest BCUT2D eigenvalue weighted by Crippen LogP contribution is 2.02. The van der Waals surface area contributed by atoms with Crippen molar-refractivity contribution in [2.75, 3.05) is 19.8 Å². The molecule has 0 bridgehead atoms.